The normalized spacial score (nSPS) is 11.7. The van der Waals surface area contributed by atoms with Crippen LogP contribution in [0.4, 0.5) is 11.4 Å². The Hall–Kier alpha value is -2.11. The molecule has 6 heteroatoms. The maximum Gasteiger partial charge on any atom is 0.292 e. The van der Waals surface area contributed by atoms with E-state index in [4.69, 9.17) is 0 Å². The van der Waals surface area contributed by atoms with Gasteiger partial charge < -0.3 is 10.6 Å². The van der Waals surface area contributed by atoms with Crippen molar-refractivity contribution in [1.29, 1.82) is 0 Å². The van der Waals surface area contributed by atoms with Crippen molar-refractivity contribution >= 4 is 17.3 Å². The third-order valence-electron chi connectivity index (χ3n) is 2.66. The van der Waals surface area contributed by atoms with Gasteiger partial charge in [0.1, 0.15) is 11.7 Å². The zero-order valence-corrected chi connectivity index (χ0v) is 11.4. The molecule has 0 saturated carbocycles. The minimum absolute atomic E-state index is 0.0184. The molecule has 1 unspecified atom stereocenters. The van der Waals surface area contributed by atoms with E-state index in [-0.39, 0.29) is 11.6 Å². The van der Waals surface area contributed by atoms with Gasteiger partial charge in [0.2, 0.25) is 5.91 Å². The summed E-state index contributed by atoms with van der Waals surface area (Å²) in [6.07, 6.45) is 0.850. The zero-order valence-electron chi connectivity index (χ0n) is 11.4. The molecule has 0 aliphatic heterocycles. The van der Waals surface area contributed by atoms with E-state index in [0.29, 0.717) is 12.2 Å². The van der Waals surface area contributed by atoms with Gasteiger partial charge in [-0.05, 0) is 31.9 Å². The van der Waals surface area contributed by atoms with Gasteiger partial charge in [0.25, 0.3) is 5.69 Å². The second-order valence-electron chi connectivity index (χ2n) is 4.43. The predicted octanol–water partition coefficient (Wildman–Crippen LogP) is 2.23. The van der Waals surface area contributed by atoms with Crippen LogP contribution in [0.5, 0.6) is 0 Å². The SMILES string of the molecule is CCCNC(=O)C(C)Nc1ccc(C)cc1[N+](=O)[O-]. The molecule has 0 aliphatic carbocycles. The van der Waals surface area contributed by atoms with Gasteiger partial charge in [-0.15, -0.1) is 0 Å². The van der Waals surface area contributed by atoms with E-state index in [1.165, 1.54) is 6.07 Å². The Morgan fingerprint density at radius 3 is 2.74 bits per heavy atom. The lowest BCUT2D eigenvalue weighted by Gasteiger charge is -2.15. The van der Waals surface area contributed by atoms with E-state index in [9.17, 15) is 14.9 Å². The molecule has 0 heterocycles. The molecular formula is C13H19N3O3. The van der Waals surface area contributed by atoms with Crippen LogP contribution in [0.1, 0.15) is 25.8 Å². The Kier molecular flexibility index (Phi) is 5.29. The average Bonchev–Trinajstić information content (AvgIpc) is 2.37. The molecule has 0 aliphatic rings. The van der Waals surface area contributed by atoms with Crippen LogP contribution in [0.25, 0.3) is 0 Å². The van der Waals surface area contributed by atoms with E-state index in [1.807, 2.05) is 6.92 Å². The Morgan fingerprint density at radius 2 is 2.16 bits per heavy atom. The maximum atomic E-state index is 11.7. The summed E-state index contributed by atoms with van der Waals surface area (Å²) < 4.78 is 0. The third kappa shape index (κ3) is 4.24. The summed E-state index contributed by atoms with van der Waals surface area (Å²) in [7, 11) is 0. The maximum absolute atomic E-state index is 11.7. The first-order valence-corrected chi connectivity index (χ1v) is 6.25. The number of anilines is 1. The number of nitrogens with zero attached hydrogens (tertiary/aromatic N) is 1. The van der Waals surface area contributed by atoms with Crippen molar-refractivity contribution in [2.24, 2.45) is 0 Å². The van der Waals surface area contributed by atoms with Gasteiger partial charge in [0.15, 0.2) is 0 Å². The highest BCUT2D eigenvalue weighted by Gasteiger charge is 2.18. The average molecular weight is 265 g/mol. The van der Waals surface area contributed by atoms with Crippen molar-refractivity contribution in [3.8, 4) is 0 Å². The standard InChI is InChI=1S/C13H19N3O3/c1-4-7-14-13(17)10(3)15-11-6-5-9(2)8-12(11)16(18)19/h5-6,8,10,15H,4,7H2,1-3H3,(H,14,17). The first-order valence-electron chi connectivity index (χ1n) is 6.25. The molecule has 1 amide bonds. The zero-order chi connectivity index (χ0) is 14.4. The van der Waals surface area contributed by atoms with Gasteiger partial charge in [-0.3, -0.25) is 14.9 Å². The molecule has 0 saturated heterocycles. The minimum atomic E-state index is -0.520. The molecule has 2 N–H and O–H groups in total. The molecule has 1 aromatic carbocycles. The number of rotatable bonds is 6. The van der Waals surface area contributed by atoms with Gasteiger partial charge in [-0.2, -0.15) is 0 Å². The number of hydrogen-bond donors (Lipinski definition) is 2. The molecule has 0 fully saturated rings. The number of benzene rings is 1. The monoisotopic (exact) mass is 265 g/mol. The summed E-state index contributed by atoms with van der Waals surface area (Å²) in [5, 5.41) is 16.6. The lowest BCUT2D eigenvalue weighted by molar-refractivity contribution is -0.384. The van der Waals surface area contributed by atoms with Gasteiger partial charge >= 0.3 is 0 Å². The smallest absolute Gasteiger partial charge is 0.292 e. The lowest BCUT2D eigenvalue weighted by Crippen LogP contribution is -2.38. The summed E-state index contributed by atoms with van der Waals surface area (Å²) >= 11 is 0. The molecular weight excluding hydrogens is 246 g/mol. The Morgan fingerprint density at radius 1 is 1.47 bits per heavy atom. The Labute approximate surface area is 112 Å². The number of nitrogens with one attached hydrogen (secondary N) is 2. The Balaban J connectivity index is 2.81. The molecule has 19 heavy (non-hydrogen) atoms. The van der Waals surface area contributed by atoms with Crippen molar-refractivity contribution in [3.05, 3.63) is 33.9 Å². The van der Waals surface area contributed by atoms with Gasteiger partial charge in [0, 0.05) is 12.6 Å². The molecule has 104 valence electrons. The highest BCUT2D eigenvalue weighted by Crippen LogP contribution is 2.25. The number of carbonyl (C=O) groups excluding carboxylic acids is 1. The Bertz CT molecular complexity index is 474. The van der Waals surface area contributed by atoms with Gasteiger partial charge in [-0.1, -0.05) is 13.0 Å². The first kappa shape index (κ1) is 14.9. The fourth-order valence-electron chi connectivity index (χ4n) is 1.61. The highest BCUT2D eigenvalue weighted by atomic mass is 16.6. The van der Waals surface area contributed by atoms with E-state index < -0.39 is 11.0 Å². The van der Waals surface area contributed by atoms with Crippen molar-refractivity contribution in [1.82, 2.24) is 5.32 Å². The van der Waals surface area contributed by atoms with E-state index in [0.717, 1.165) is 12.0 Å². The minimum Gasteiger partial charge on any atom is -0.368 e. The number of aryl methyl sites for hydroxylation is 1. The second-order valence-corrected chi connectivity index (χ2v) is 4.43. The molecule has 0 spiro atoms. The number of nitro benzene ring substituents is 1. The molecule has 0 radical (unpaired) electrons. The van der Waals surface area contributed by atoms with Crippen LogP contribution in [0, 0.1) is 17.0 Å². The van der Waals surface area contributed by atoms with Crippen LogP contribution < -0.4 is 10.6 Å². The molecule has 1 aromatic rings. The largest absolute Gasteiger partial charge is 0.368 e. The third-order valence-corrected chi connectivity index (χ3v) is 2.66. The molecule has 0 bridgehead atoms. The highest BCUT2D eigenvalue weighted by molar-refractivity contribution is 5.85. The fourth-order valence-corrected chi connectivity index (χ4v) is 1.61. The van der Waals surface area contributed by atoms with E-state index in [2.05, 4.69) is 10.6 Å². The molecule has 1 atom stereocenters. The number of nitro groups is 1. The number of hydrogen-bond acceptors (Lipinski definition) is 4. The first-order chi connectivity index (χ1) is 8.95. The summed E-state index contributed by atoms with van der Waals surface area (Å²) in [6, 6.07) is 4.36. The fraction of sp³-hybridized carbons (Fsp3) is 0.462. The van der Waals surface area contributed by atoms with E-state index in [1.54, 1.807) is 26.0 Å². The number of carbonyl (C=O) groups is 1. The van der Waals surface area contributed by atoms with Crippen LogP contribution in [0.3, 0.4) is 0 Å². The quantitative estimate of drug-likeness (QED) is 0.610. The van der Waals surface area contributed by atoms with Crippen LogP contribution in [0.15, 0.2) is 18.2 Å². The van der Waals surface area contributed by atoms with Crippen LogP contribution in [-0.2, 0) is 4.79 Å². The molecule has 1 rings (SSSR count). The van der Waals surface area contributed by atoms with Crippen molar-refractivity contribution in [3.63, 3.8) is 0 Å². The number of amides is 1. The topological polar surface area (TPSA) is 84.3 Å². The van der Waals surface area contributed by atoms with Crippen molar-refractivity contribution in [2.45, 2.75) is 33.2 Å². The summed E-state index contributed by atoms with van der Waals surface area (Å²) in [4.78, 5) is 22.2. The molecule has 6 nitrogen and oxygen atoms in total. The van der Waals surface area contributed by atoms with E-state index >= 15 is 0 Å². The summed E-state index contributed by atoms with van der Waals surface area (Å²) in [5.41, 5.74) is 1.14. The van der Waals surface area contributed by atoms with Crippen LogP contribution in [0.2, 0.25) is 0 Å². The summed E-state index contributed by atoms with van der Waals surface area (Å²) in [5.74, 6) is -0.170. The van der Waals surface area contributed by atoms with Gasteiger partial charge in [-0.25, -0.2) is 0 Å². The molecule has 0 aromatic heterocycles. The van der Waals surface area contributed by atoms with Crippen LogP contribution in [-0.4, -0.2) is 23.4 Å². The van der Waals surface area contributed by atoms with Crippen molar-refractivity contribution in [2.75, 3.05) is 11.9 Å². The second kappa shape index (κ2) is 6.72. The van der Waals surface area contributed by atoms with Crippen LogP contribution >= 0.6 is 0 Å². The lowest BCUT2D eigenvalue weighted by atomic mass is 10.1. The predicted molar refractivity (Wildman–Crippen MR) is 74.2 cm³/mol. The van der Waals surface area contributed by atoms with Gasteiger partial charge in [0.05, 0.1) is 4.92 Å². The summed E-state index contributed by atoms with van der Waals surface area (Å²) in [6.45, 7) is 6.02. The van der Waals surface area contributed by atoms with Crippen molar-refractivity contribution < 1.29 is 9.72 Å².